The summed E-state index contributed by atoms with van der Waals surface area (Å²) in [5.74, 6) is 0.822. The molecule has 6 nitrogen and oxygen atoms in total. The molecule has 1 fully saturated rings. The average Bonchev–Trinajstić information content (AvgIpc) is 2.46. The van der Waals surface area contributed by atoms with Crippen LogP contribution < -0.4 is 4.90 Å². The fourth-order valence-electron chi connectivity index (χ4n) is 2.47. The zero-order valence-electron chi connectivity index (χ0n) is 13.1. The number of methoxy groups -OCH3 is 1. The van der Waals surface area contributed by atoms with Gasteiger partial charge in [-0.1, -0.05) is 0 Å². The molecule has 1 amide bonds. The van der Waals surface area contributed by atoms with E-state index in [9.17, 15) is 4.79 Å². The Hall–Kier alpha value is -1.66. The summed E-state index contributed by atoms with van der Waals surface area (Å²) in [6.45, 7) is 4.14. The maximum absolute atomic E-state index is 11.9. The molecule has 0 spiro atoms. The lowest BCUT2D eigenvalue weighted by Gasteiger charge is -2.37. The molecule has 0 saturated carbocycles. The van der Waals surface area contributed by atoms with E-state index in [-0.39, 0.29) is 18.1 Å². The first kappa shape index (κ1) is 15.7. The van der Waals surface area contributed by atoms with E-state index in [2.05, 4.69) is 9.88 Å². The largest absolute Gasteiger partial charge is 0.382 e. The van der Waals surface area contributed by atoms with Gasteiger partial charge in [-0.15, -0.1) is 0 Å². The van der Waals surface area contributed by atoms with Gasteiger partial charge in [0, 0.05) is 40.5 Å². The number of hydrogen-bond donors (Lipinski definition) is 0. The minimum atomic E-state index is -0.0401. The third-order valence-corrected chi connectivity index (χ3v) is 3.40. The van der Waals surface area contributed by atoms with Crippen molar-refractivity contribution in [1.82, 2.24) is 9.88 Å². The Labute approximate surface area is 125 Å². The highest BCUT2D eigenvalue weighted by atomic mass is 16.5. The lowest BCUT2D eigenvalue weighted by atomic mass is 10.2. The Balaban J connectivity index is 2.09. The minimum absolute atomic E-state index is 0.0401. The third kappa shape index (κ3) is 3.92. The number of rotatable bonds is 4. The van der Waals surface area contributed by atoms with E-state index in [1.807, 2.05) is 19.1 Å². The Kier molecular flexibility index (Phi) is 5.14. The molecule has 1 aromatic rings. The lowest BCUT2D eigenvalue weighted by molar-refractivity contribution is -0.0512. The molecule has 0 N–H and O–H groups in total. The van der Waals surface area contributed by atoms with E-state index in [1.165, 1.54) is 0 Å². The van der Waals surface area contributed by atoms with Crippen molar-refractivity contribution in [3.8, 4) is 0 Å². The maximum atomic E-state index is 11.9. The van der Waals surface area contributed by atoms with Crippen LogP contribution in [0.3, 0.4) is 0 Å². The smallest absolute Gasteiger partial charge is 0.254 e. The van der Waals surface area contributed by atoms with Gasteiger partial charge in [0.05, 0.1) is 24.4 Å². The van der Waals surface area contributed by atoms with E-state index in [0.29, 0.717) is 12.2 Å². The molecule has 21 heavy (non-hydrogen) atoms. The second-order valence-corrected chi connectivity index (χ2v) is 5.53. The zero-order chi connectivity index (χ0) is 15.4. The van der Waals surface area contributed by atoms with Crippen LogP contribution in [-0.4, -0.2) is 68.9 Å². The number of ether oxygens (including phenoxy) is 2. The number of hydrogen-bond acceptors (Lipinski definition) is 5. The fourth-order valence-corrected chi connectivity index (χ4v) is 2.47. The highest BCUT2D eigenvalue weighted by Crippen LogP contribution is 2.19. The van der Waals surface area contributed by atoms with Crippen LogP contribution in [0.4, 0.5) is 5.82 Å². The number of anilines is 1. The van der Waals surface area contributed by atoms with Crippen LogP contribution in [0.5, 0.6) is 0 Å². The van der Waals surface area contributed by atoms with Crippen molar-refractivity contribution in [2.45, 2.75) is 19.1 Å². The van der Waals surface area contributed by atoms with Crippen molar-refractivity contribution in [2.75, 3.05) is 45.8 Å². The quantitative estimate of drug-likeness (QED) is 0.830. The Morgan fingerprint density at radius 3 is 2.81 bits per heavy atom. The standard InChI is InChI=1S/C15H23N3O3/c1-11-8-18(9-13(21-11)10-20-4)14-6-5-12(7-16-14)15(19)17(2)3/h5-7,11,13H,8-10H2,1-4H3. The van der Waals surface area contributed by atoms with E-state index in [1.54, 1.807) is 32.3 Å². The van der Waals surface area contributed by atoms with Gasteiger partial charge in [-0.05, 0) is 19.1 Å². The van der Waals surface area contributed by atoms with Crippen molar-refractivity contribution < 1.29 is 14.3 Å². The molecule has 0 aromatic carbocycles. The Morgan fingerprint density at radius 1 is 1.48 bits per heavy atom. The molecular weight excluding hydrogens is 270 g/mol. The number of carbonyl (C=O) groups is 1. The third-order valence-electron chi connectivity index (χ3n) is 3.40. The molecule has 1 aliphatic heterocycles. The maximum Gasteiger partial charge on any atom is 0.254 e. The minimum Gasteiger partial charge on any atom is -0.382 e. The molecule has 1 aromatic heterocycles. The van der Waals surface area contributed by atoms with E-state index in [4.69, 9.17) is 9.47 Å². The molecule has 1 saturated heterocycles. The van der Waals surface area contributed by atoms with Gasteiger partial charge in [0.2, 0.25) is 0 Å². The molecule has 2 atom stereocenters. The van der Waals surface area contributed by atoms with Crippen LogP contribution in [0.15, 0.2) is 18.3 Å². The topological polar surface area (TPSA) is 54.9 Å². The van der Waals surface area contributed by atoms with Gasteiger partial charge in [0.15, 0.2) is 0 Å². The molecule has 6 heteroatoms. The van der Waals surface area contributed by atoms with Gasteiger partial charge in [-0.25, -0.2) is 4.98 Å². The number of morpholine rings is 1. The second-order valence-electron chi connectivity index (χ2n) is 5.53. The monoisotopic (exact) mass is 293 g/mol. The normalized spacial score (nSPS) is 22.2. The van der Waals surface area contributed by atoms with Gasteiger partial charge in [0.25, 0.3) is 5.91 Å². The van der Waals surface area contributed by atoms with Gasteiger partial charge < -0.3 is 19.3 Å². The Morgan fingerprint density at radius 2 is 2.24 bits per heavy atom. The van der Waals surface area contributed by atoms with Crippen LogP contribution in [-0.2, 0) is 9.47 Å². The van der Waals surface area contributed by atoms with Crippen LogP contribution in [0, 0.1) is 0 Å². The molecule has 116 valence electrons. The Bertz CT molecular complexity index is 476. The van der Waals surface area contributed by atoms with Gasteiger partial charge in [-0.3, -0.25) is 4.79 Å². The summed E-state index contributed by atoms with van der Waals surface area (Å²) in [4.78, 5) is 20.0. The zero-order valence-corrected chi connectivity index (χ0v) is 13.1. The molecule has 0 bridgehead atoms. The number of amides is 1. The van der Waals surface area contributed by atoms with Gasteiger partial charge >= 0.3 is 0 Å². The average molecular weight is 293 g/mol. The summed E-state index contributed by atoms with van der Waals surface area (Å²) >= 11 is 0. The molecule has 2 rings (SSSR count). The van der Waals surface area contributed by atoms with Crippen molar-refractivity contribution in [1.29, 1.82) is 0 Å². The summed E-state index contributed by atoms with van der Waals surface area (Å²) in [5.41, 5.74) is 0.596. The summed E-state index contributed by atoms with van der Waals surface area (Å²) < 4.78 is 11.0. The van der Waals surface area contributed by atoms with Crippen LogP contribution in [0.2, 0.25) is 0 Å². The van der Waals surface area contributed by atoms with Crippen molar-refractivity contribution in [3.05, 3.63) is 23.9 Å². The van der Waals surface area contributed by atoms with E-state index < -0.39 is 0 Å². The summed E-state index contributed by atoms with van der Waals surface area (Å²) in [6, 6.07) is 3.70. The van der Waals surface area contributed by atoms with E-state index >= 15 is 0 Å². The summed E-state index contributed by atoms with van der Waals surface area (Å²) in [7, 11) is 5.14. The van der Waals surface area contributed by atoms with E-state index in [0.717, 1.165) is 18.9 Å². The number of pyridine rings is 1. The van der Waals surface area contributed by atoms with Gasteiger partial charge in [0.1, 0.15) is 5.82 Å². The molecule has 2 unspecified atom stereocenters. The van der Waals surface area contributed by atoms with Crippen molar-refractivity contribution in [3.63, 3.8) is 0 Å². The molecule has 1 aliphatic rings. The first-order valence-corrected chi connectivity index (χ1v) is 7.08. The highest BCUT2D eigenvalue weighted by Gasteiger charge is 2.26. The van der Waals surface area contributed by atoms with Gasteiger partial charge in [-0.2, -0.15) is 0 Å². The molecule has 0 radical (unpaired) electrons. The highest BCUT2D eigenvalue weighted by molar-refractivity contribution is 5.93. The number of aromatic nitrogens is 1. The van der Waals surface area contributed by atoms with Crippen LogP contribution >= 0.6 is 0 Å². The predicted octanol–water partition coefficient (Wildman–Crippen LogP) is 1.02. The molecular formula is C15H23N3O3. The fraction of sp³-hybridized carbons (Fsp3) is 0.600. The van der Waals surface area contributed by atoms with Crippen molar-refractivity contribution in [2.24, 2.45) is 0 Å². The molecule has 0 aliphatic carbocycles. The summed E-state index contributed by atoms with van der Waals surface area (Å²) in [6.07, 6.45) is 1.80. The number of carbonyl (C=O) groups excluding carboxylic acids is 1. The first-order chi connectivity index (χ1) is 10.0. The van der Waals surface area contributed by atoms with Crippen LogP contribution in [0.1, 0.15) is 17.3 Å². The molecule has 2 heterocycles. The predicted molar refractivity (Wildman–Crippen MR) is 80.7 cm³/mol. The van der Waals surface area contributed by atoms with Crippen molar-refractivity contribution >= 4 is 11.7 Å². The van der Waals surface area contributed by atoms with Crippen LogP contribution in [0.25, 0.3) is 0 Å². The second kappa shape index (κ2) is 6.87. The summed E-state index contributed by atoms with van der Waals surface area (Å²) in [5, 5.41) is 0. The first-order valence-electron chi connectivity index (χ1n) is 7.08. The number of nitrogens with zero attached hydrogens (tertiary/aromatic N) is 3. The SMILES string of the molecule is COCC1CN(c2ccc(C(=O)N(C)C)cn2)CC(C)O1. The lowest BCUT2D eigenvalue weighted by Crippen LogP contribution is -2.48.